The quantitative estimate of drug-likeness (QED) is 0.657. The lowest BCUT2D eigenvalue weighted by Gasteiger charge is -2.10. The molecule has 1 atom stereocenters. The van der Waals surface area contributed by atoms with Crippen molar-refractivity contribution in [1.82, 2.24) is 0 Å². The van der Waals surface area contributed by atoms with Crippen LogP contribution in [0.25, 0.3) is 0 Å². The van der Waals surface area contributed by atoms with Crippen molar-refractivity contribution < 1.29 is 13.6 Å². The van der Waals surface area contributed by atoms with Crippen molar-refractivity contribution in [3.05, 3.63) is 71.3 Å². The zero-order valence-electron chi connectivity index (χ0n) is 9.81. The molecule has 96 valence electrons. The second-order valence-corrected chi connectivity index (χ2v) is 3.95. The molecule has 2 aromatic rings. The summed E-state index contributed by atoms with van der Waals surface area (Å²) < 4.78 is 25.6. The van der Waals surface area contributed by atoms with E-state index < -0.39 is 23.5 Å². The number of hydrogen-bond donors (Lipinski definition) is 1. The van der Waals surface area contributed by atoms with Crippen LogP contribution in [0.3, 0.4) is 0 Å². The molecule has 0 saturated heterocycles. The van der Waals surface area contributed by atoms with E-state index in [1.807, 2.05) is 0 Å². The van der Waals surface area contributed by atoms with E-state index in [9.17, 15) is 13.6 Å². The second kappa shape index (κ2) is 5.48. The van der Waals surface area contributed by atoms with Crippen molar-refractivity contribution in [3.63, 3.8) is 0 Å². The number of Topliss-reactive ketones (excluding diaryl/α,β-unsaturated/α-hetero) is 1. The van der Waals surface area contributed by atoms with Gasteiger partial charge in [-0.3, -0.25) is 4.79 Å². The van der Waals surface area contributed by atoms with Crippen LogP contribution in [-0.4, -0.2) is 5.78 Å². The Kier molecular flexibility index (Phi) is 3.75. The van der Waals surface area contributed by atoms with Crippen LogP contribution in [0.2, 0.25) is 0 Å². The average molecular weight is 260 g/mol. The first-order chi connectivity index (χ1) is 9.11. The summed E-state index contributed by atoms with van der Waals surface area (Å²) in [5.74, 6) is -1.30. The van der Waals surface area contributed by atoms with Crippen molar-refractivity contribution in [1.29, 1.82) is 5.53 Å². The van der Waals surface area contributed by atoms with Crippen molar-refractivity contribution in [2.75, 3.05) is 0 Å². The van der Waals surface area contributed by atoms with Gasteiger partial charge >= 0.3 is 0 Å². The lowest BCUT2D eigenvalue weighted by molar-refractivity contribution is 0.0958. The zero-order valence-corrected chi connectivity index (χ0v) is 9.81. The fourth-order valence-electron chi connectivity index (χ4n) is 1.70. The van der Waals surface area contributed by atoms with Gasteiger partial charge in [0.05, 0.1) is 0 Å². The lowest BCUT2D eigenvalue weighted by Crippen LogP contribution is -2.10. The maximum absolute atomic E-state index is 12.8. The minimum atomic E-state index is -1.04. The first-order valence-corrected chi connectivity index (χ1v) is 5.53. The van der Waals surface area contributed by atoms with Gasteiger partial charge in [-0.25, -0.2) is 14.3 Å². The summed E-state index contributed by atoms with van der Waals surface area (Å²) in [5.41, 5.74) is 7.79. The highest BCUT2D eigenvalue weighted by Gasteiger charge is 2.21. The van der Waals surface area contributed by atoms with Gasteiger partial charge in [-0.1, -0.05) is 12.1 Å². The van der Waals surface area contributed by atoms with Gasteiger partial charge in [0.1, 0.15) is 11.6 Å². The lowest BCUT2D eigenvalue weighted by atomic mass is 9.98. The fourth-order valence-corrected chi connectivity index (χ4v) is 1.70. The highest BCUT2D eigenvalue weighted by Crippen LogP contribution is 2.22. The standard InChI is InChI=1S/C14H10F2N2O/c15-11-5-1-9(2-6-11)13(18-17)14(19)10-3-7-12(16)8-4-10/h1-8,13,17H. The Hall–Kier alpha value is -2.43. The van der Waals surface area contributed by atoms with E-state index in [4.69, 9.17) is 5.53 Å². The molecule has 3 nitrogen and oxygen atoms in total. The maximum atomic E-state index is 12.8. The number of rotatable bonds is 4. The third kappa shape index (κ3) is 2.88. The molecule has 19 heavy (non-hydrogen) atoms. The van der Waals surface area contributed by atoms with Gasteiger partial charge in [-0.15, -0.1) is 0 Å². The van der Waals surface area contributed by atoms with E-state index in [0.29, 0.717) is 5.56 Å². The summed E-state index contributed by atoms with van der Waals surface area (Å²) in [6, 6.07) is 9.16. The summed E-state index contributed by atoms with van der Waals surface area (Å²) in [5, 5.41) is 3.27. The number of ketones is 1. The summed E-state index contributed by atoms with van der Waals surface area (Å²) in [4.78, 5) is 12.1. The van der Waals surface area contributed by atoms with E-state index >= 15 is 0 Å². The highest BCUT2D eigenvalue weighted by molar-refractivity contribution is 6.00. The van der Waals surface area contributed by atoms with Gasteiger partial charge in [-0.2, -0.15) is 5.11 Å². The number of halogens is 2. The molecule has 0 bridgehead atoms. The van der Waals surface area contributed by atoms with Gasteiger partial charge < -0.3 is 0 Å². The molecular formula is C14H10F2N2O. The molecule has 0 amide bonds. The molecule has 0 aliphatic carbocycles. The molecular weight excluding hydrogens is 250 g/mol. The van der Waals surface area contributed by atoms with Crippen molar-refractivity contribution >= 4 is 5.78 Å². The Bertz CT molecular complexity index is 594. The van der Waals surface area contributed by atoms with Gasteiger partial charge in [0.15, 0.2) is 11.8 Å². The maximum Gasteiger partial charge on any atom is 0.193 e. The molecule has 1 unspecified atom stereocenters. The van der Waals surface area contributed by atoms with E-state index in [1.54, 1.807) is 0 Å². The number of nitrogens with one attached hydrogen (secondary N) is 1. The van der Waals surface area contributed by atoms with E-state index in [1.165, 1.54) is 48.5 Å². The van der Waals surface area contributed by atoms with Crippen molar-refractivity contribution in [3.8, 4) is 0 Å². The third-order valence-electron chi connectivity index (χ3n) is 2.69. The molecule has 5 heteroatoms. The van der Waals surface area contributed by atoms with Crippen LogP contribution in [0.1, 0.15) is 22.0 Å². The fraction of sp³-hybridized carbons (Fsp3) is 0.0714. The van der Waals surface area contributed by atoms with Crippen LogP contribution < -0.4 is 0 Å². The summed E-state index contributed by atoms with van der Waals surface area (Å²) >= 11 is 0. The van der Waals surface area contributed by atoms with Crippen LogP contribution in [0.15, 0.2) is 53.6 Å². The van der Waals surface area contributed by atoms with Gasteiger partial charge in [0.2, 0.25) is 0 Å². The molecule has 1 N–H and O–H groups in total. The Morgan fingerprint density at radius 3 is 1.89 bits per heavy atom. The number of carbonyl (C=O) groups excluding carboxylic acids is 1. The van der Waals surface area contributed by atoms with Crippen LogP contribution in [0.4, 0.5) is 8.78 Å². The monoisotopic (exact) mass is 260 g/mol. The van der Waals surface area contributed by atoms with Crippen LogP contribution in [0, 0.1) is 17.2 Å². The second-order valence-electron chi connectivity index (χ2n) is 3.95. The molecule has 0 aromatic heterocycles. The first kappa shape index (κ1) is 13.0. The molecule has 2 rings (SSSR count). The molecule has 0 aliphatic rings. The topological polar surface area (TPSA) is 53.3 Å². The van der Waals surface area contributed by atoms with Crippen LogP contribution in [-0.2, 0) is 0 Å². The number of nitrogens with zero attached hydrogens (tertiary/aromatic N) is 1. The number of benzene rings is 2. The molecule has 2 aromatic carbocycles. The number of carbonyl (C=O) groups is 1. The molecule has 0 fully saturated rings. The molecule has 0 saturated carbocycles. The highest BCUT2D eigenvalue weighted by atomic mass is 19.1. The van der Waals surface area contributed by atoms with Gasteiger partial charge in [-0.05, 0) is 42.0 Å². The van der Waals surface area contributed by atoms with E-state index in [2.05, 4.69) is 5.11 Å². The van der Waals surface area contributed by atoms with E-state index in [-0.39, 0.29) is 5.56 Å². The average Bonchev–Trinajstić information content (AvgIpc) is 2.42. The normalized spacial score (nSPS) is 11.9. The molecule has 0 aliphatic heterocycles. The number of hydrogen-bond acceptors (Lipinski definition) is 3. The first-order valence-electron chi connectivity index (χ1n) is 5.53. The van der Waals surface area contributed by atoms with Gasteiger partial charge in [0.25, 0.3) is 0 Å². The zero-order chi connectivity index (χ0) is 13.8. The Morgan fingerprint density at radius 1 is 0.947 bits per heavy atom. The molecule has 0 heterocycles. The third-order valence-corrected chi connectivity index (χ3v) is 2.69. The SMILES string of the molecule is N=NC(C(=O)c1ccc(F)cc1)c1ccc(F)cc1. The summed E-state index contributed by atoms with van der Waals surface area (Å²) in [6.45, 7) is 0. The van der Waals surface area contributed by atoms with Crippen LogP contribution >= 0.6 is 0 Å². The van der Waals surface area contributed by atoms with Crippen molar-refractivity contribution in [2.45, 2.75) is 6.04 Å². The molecule has 0 radical (unpaired) electrons. The minimum Gasteiger partial charge on any atom is -0.291 e. The minimum absolute atomic E-state index is 0.256. The predicted molar refractivity (Wildman–Crippen MR) is 65.0 cm³/mol. The Balaban J connectivity index is 2.31. The molecule has 0 spiro atoms. The Morgan fingerprint density at radius 2 is 1.42 bits per heavy atom. The largest absolute Gasteiger partial charge is 0.291 e. The summed E-state index contributed by atoms with van der Waals surface area (Å²) in [6.07, 6.45) is 0. The summed E-state index contributed by atoms with van der Waals surface area (Å²) in [7, 11) is 0. The van der Waals surface area contributed by atoms with E-state index in [0.717, 1.165) is 0 Å². The Labute approximate surface area is 108 Å². The van der Waals surface area contributed by atoms with Crippen molar-refractivity contribution in [2.24, 2.45) is 5.11 Å². The smallest absolute Gasteiger partial charge is 0.193 e. The predicted octanol–water partition coefficient (Wildman–Crippen LogP) is 3.92. The van der Waals surface area contributed by atoms with Crippen LogP contribution in [0.5, 0.6) is 0 Å². The van der Waals surface area contributed by atoms with Gasteiger partial charge in [0, 0.05) is 5.56 Å².